The second kappa shape index (κ2) is 10.8. The minimum atomic E-state index is 0.212. The number of methoxy groups -OCH3 is 1. The van der Waals surface area contributed by atoms with Crippen LogP contribution in [0.3, 0.4) is 0 Å². The highest BCUT2D eigenvalue weighted by Crippen LogP contribution is 2.40. The zero-order valence-corrected chi connectivity index (χ0v) is 20.3. The van der Waals surface area contributed by atoms with E-state index in [1.807, 2.05) is 13.0 Å². The predicted molar refractivity (Wildman–Crippen MR) is 136 cm³/mol. The Bertz CT molecular complexity index is 1180. The van der Waals surface area contributed by atoms with Crippen molar-refractivity contribution in [3.05, 3.63) is 34.5 Å². The molecule has 3 aromatic rings. The quantitative estimate of drug-likeness (QED) is 0.287. The molecule has 180 valence electrons. The molecule has 5 rings (SSSR count). The molecule has 10 heteroatoms. The number of amides is 1. The largest absolute Gasteiger partial charge is 0.494 e. The second-order valence-electron chi connectivity index (χ2n) is 8.35. The molecule has 1 unspecified atom stereocenters. The molecular formula is C24H30N6O3S. The average molecular weight is 483 g/mol. The maximum absolute atomic E-state index is 10.2. The minimum Gasteiger partial charge on any atom is -0.494 e. The molecule has 1 aromatic carbocycles. The second-order valence-corrected chi connectivity index (χ2v) is 9.43. The number of rotatable bonds is 5. The summed E-state index contributed by atoms with van der Waals surface area (Å²) in [6, 6.07) is 3.54. The number of nitrogens with one attached hydrogen (secondary N) is 2. The lowest BCUT2D eigenvalue weighted by Gasteiger charge is -2.27. The lowest BCUT2D eigenvalue weighted by atomic mass is 9.97. The highest BCUT2D eigenvalue weighted by atomic mass is 32.1. The molecule has 9 nitrogen and oxygen atoms in total. The Morgan fingerprint density at radius 3 is 2.85 bits per heavy atom. The molecule has 3 heterocycles. The number of carbonyl (C=O) groups is 1. The molecule has 4 N–H and O–H groups in total. The van der Waals surface area contributed by atoms with Gasteiger partial charge in [0, 0.05) is 41.5 Å². The van der Waals surface area contributed by atoms with E-state index in [-0.39, 0.29) is 6.10 Å². The maximum Gasteiger partial charge on any atom is 0.209 e. The summed E-state index contributed by atoms with van der Waals surface area (Å²) in [6.07, 6.45) is 8.56. The van der Waals surface area contributed by atoms with Crippen LogP contribution in [0.2, 0.25) is 0 Å². The first kappa shape index (κ1) is 23.9. The molecule has 2 aromatic heterocycles. The first-order valence-electron chi connectivity index (χ1n) is 11.3. The van der Waals surface area contributed by atoms with Gasteiger partial charge in [0.05, 0.1) is 30.9 Å². The summed E-state index contributed by atoms with van der Waals surface area (Å²) in [5, 5.41) is 12.0. The number of hydrogen-bond acceptors (Lipinski definition) is 9. The molecule has 0 spiro atoms. The smallest absolute Gasteiger partial charge is 0.209 e. The van der Waals surface area contributed by atoms with Crippen LogP contribution in [-0.2, 0) is 22.4 Å². The Hall–Kier alpha value is -3.24. The van der Waals surface area contributed by atoms with E-state index in [0.717, 1.165) is 54.1 Å². The highest BCUT2D eigenvalue weighted by molar-refractivity contribution is 7.19. The summed E-state index contributed by atoms with van der Waals surface area (Å²) in [6.45, 7) is 4.13. The van der Waals surface area contributed by atoms with E-state index in [2.05, 4.69) is 15.3 Å². The summed E-state index contributed by atoms with van der Waals surface area (Å²) in [5.41, 5.74) is 9.22. The summed E-state index contributed by atoms with van der Waals surface area (Å²) >= 11 is 1.77. The Balaban J connectivity index is 0.000000257. The van der Waals surface area contributed by atoms with Gasteiger partial charge in [0.15, 0.2) is 0 Å². The van der Waals surface area contributed by atoms with Gasteiger partial charge in [0.2, 0.25) is 6.41 Å². The van der Waals surface area contributed by atoms with Crippen molar-refractivity contribution in [1.82, 2.24) is 14.9 Å². The molecule has 2 aliphatic rings. The van der Waals surface area contributed by atoms with E-state index >= 15 is 0 Å². The summed E-state index contributed by atoms with van der Waals surface area (Å²) in [7, 11) is 1.60. The van der Waals surface area contributed by atoms with Crippen molar-refractivity contribution < 1.29 is 14.3 Å². The maximum atomic E-state index is 10.2. The molecule has 1 saturated heterocycles. The third-order valence-corrected chi connectivity index (χ3v) is 7.19. The lowest BCUT2D eigenvalue weighted by molar-refractivity contribution is -0.124. The zero-order chi connectivity index (χ0) is 24.1. The van der Waals surface area contributed by atoms with E-state index in [1.165, 1.54) is 29.5 Å². The molecule has 1 aliphatic heterocycles. The molecule has 1 amide bonds. The van der Waals surface area contributed by atoms with Crippen LogP contribution in [0.25, 0.3) is 10.2 Å². The van der Waals surface area contributed by atoms with Crippen molar-refractivity contribution in [1.29, 1.82) is 5.41 Å². The number of nitrogens with zero attached hydrogens (tertiary/aromatic N) is 3. The van der Waals surface area contributed by atoms with E-state index in [1.54, 1.807) is 35.7 Å². The van der Waals surface area contributed by atoms with Crippen molar-refractivity contribution in [2.75, 3.05) is 37.9 Å². The van der Waals surface area contributed by atoms with Gasteiger partial charge in [-0.2, -0.15) is 0 Å². The van der Waals surface area contributed by atoms with Crippen molar-refractivity contribution >= 4 is 51.4 Å². The van der Waals surface area contributed by atoms with Crippen molar-refractivity contribution in [3.63, 3.8) is 0 Å². The summed E-state index contributed by atoms with van der Waals surface area (Å²) in [5.74, 6) is 1.40. The number of nitrogen functional groups attached to an aromatic ring is 1. The van der Waals surface area contributed by atoms with Crippen molar-refractivity contribution in [3.8, 4) is 5.75 Å². The number of fused-ring (bicyclic) bond motifs is 3. The topological polar surface area (TPSA) is 126 Å². The zero-order valence-electron chi connectivity index (χ0n) is 19.5. The van der Waals surface area contributed by atoms with Crippen LogP contribution in [0.1, 0.15) is 35.8 Å². The molecule has 0 saturated carbocycles. The Morgan fingerprint density at radius 2 is 2.15 bits per heavy atom. The molecule has 0 radical (unpaired) electrons. The van der Waals surface area contributed by atoms with E-state index < -0.39 is 0 Å². The number of hydrogen-bond donors (Lipinski definition) is 3. The number of thiophene rings is 1. The third kappa shape index (κ3) is 5.13. The average Bonchev–Trinajstić information content (AvgIpc) is 3.24. The van der Waals surface area contributed by atoms with Crippen LogP contribution in [0.15, 0.2) is 18.5 Å². The summed E-state index contributed by atoms with van der Waals surface area (Å²) in [4.78, 5) is 23.3. The van der Waals surface area contributed by atoms with Crippen LogP contribution in [0.4, 0.5) is 17.2 Å². The van der Waals surface area contributed by atoms with Crippen molar-refractivity contribution in [2.45, 2.75) is 38.7 Å². The molecule has 0 bridgehead atoms. The molecule has 1 atom stereocenters. The SMILES string of the molecule is CC1CN(C=O)CCO1.COc1cc(N)c(C=N)cc1Nc1ncnc2sc3c(c12)CCCC3. The Labute approximate surface area is 202 Å². The van der Waals surface area contributed by atoms with Gasteiger partial charge >= 0.3 is 0 Å². The monoisotopic (exact) mass is 482 g/mol. The third-order valence-electron chi connectivity index (χ3n) is 5.99. The fourth-order valence-electron chi connectivity index (χ4n) is 4.26. The standard InChI is InChI=1S/C18H19N5OS.C6H11NO2/c1-24-14-7-12(20)10(8-19)6-13(14)23-17-16-11-4-2-3-5-15(11)25-18(16)22-9-21-17;1-6-4-7(5-8)2-3-9-6/h6-9,19H,2-5,20H2,1H3,(H,21,22,23);5-6H,2-4H2,1H3. The number of nitrogens with two attached hydrogens (primary N) is 1. The van der Waals surface area contributed by atoms with E-state index in [0.29, 0.717) is 23.6 Å². The number of ether oxygens (including phenoxy) is 2. The fourth-order valence-corrected chi connectivity index (χ4v) is 5.49. The minimum absolute atomic E-state index is 0.212. The number of benzene rings is 1. The van der Waals surface area contributed by atoms with Gasteiger partial charge in [0.25, 0.3) is 0 Å². The number of aromatic nitrogens is 2. The first-order valence-corrected chi connectivity index (χ1v) is 12.2. The molecule has 1 aliphatic carbocycles. The molecule has 34 heavy (non-hydrogen) atoms. The molecular weight excluding hydrogens is 452 g/mol. The Kier molecular flexibility index (Phi) is 7.59. The van der Waals surface area contributed by atoms with Crippen LogP contribution in [0, 0.1) is 5.41 Å². The van der Waals surface area contributed by atoms with Crippen molar-refractivity contribution in [2.24, 2.45) is 0 Å². The van der Waals surface area contributed by atoms with Crippen LogP contribution in [-0.4, -0.2) is 60.4 Å². The van der Waals surface area contributed by atoms with Gasteiger partial charge in [-0.25, -0.2) is 9.97 Å². The van der Waals surface area contributed by atoms with Gasteiger partial charge in [-0.1, -0.05) is 0 Å². The molecule has 1 fully saturated rings. The van der Waals surface area contributed by atoms with Crippen LogP contribution < -0.4 is 15.8 Å². The van der Waals surface area contributed by atoms with Gasteiger partial charge < -0.3 is 30.8 Å². The first-order chi connectivity index (χ1) is 16.5. The summed E-state index contributed by atoms with van der Waals surface area (Å²) < 4.78 is 10.7. The van der Waals surface area contributed by atoms with E-state index in [4.69, 9.17) is 20.6 Å². The van der Waals surface area contributed by atoms with E-state index in [9.17, 15) is 4.79 Å². The normalized spacial score (nSPS) is 17.4. The number of carbonyl (C=O) groups excluding carboxylic acids is 1. The van der Waals surface area contributed by atoms with Gasteiger partial charge in [0.1, 0.15) is 22.7 Å². The van der Waals surface area contributed by atoms with Gasteiger partial charge in [-0.3, -0.25) is 4.79 Å². The number of anilines is 3. The van der Waals surface area contributed by atoms with Gasteiger partial charge in [-0.05, 0) is 44.2 Å². The highest BCUT2D eigenvalue weighted by Gasteiger charge is 2.20. The number of aryl methyl sites for hydroxylation is 2. The van der Waals surface area contributed by atoms with Crippen LogP contribution >= 0.6 is 11.3 Å². The van der Waals surface area contributed by atoms with Gasteiger partial charge in [-0.15, -0.1) is 11.3 Å². The Morgan fingerprint density at radius 1 is 1.32 bits per heavy atom. The number of morpholine rings is 1. The predicted octanol–water partition coefficient (Wildman–Crippen LogP) is 3.77. The lowest BCUT2D eigenvalue weighted by Crippen LogP contribution is -2.39. The fraction of sp³-hybridized carbons (Fsp3) is 0.417. The van der Waals surface area contributed by atoms with Crippen LogP contribution in [0.5, 0.6) is 5.75 Å².